The molecule has 21 heavy (non-hydrogen) atoms. The molecule has 0 aliphatic rings. The molecule has 1 N–H and O–H groups in total. The van der Waals surface area contributed by atoms with Gasteiger partial charge in [-0.2, -0.15) is 0 Å². The lowest BCUT2D eigenvalue weighted by molar-refractivity contribution is 0.140. The predicted octanol–water partition coefficient (Wildman–Crippen LogP) is 4.43. The summed E-state index contributed by atoms with van der Waals surface area (Å²) in [6.45, 7) is 6.58. The molecule has 116 valence electrons. The summed E-state index contributed by atoms with van der Waals surface area (Å²) in [4.78, 5) is 0. The van der Waals surface area contributed by atoms with Gasteiger partial charge in [-0.15, -0.1) is 0 Å². The standard InChI is InChI=1S/C17H24FNO2/c1-3-9-19-15(6-5-10-20-4-2)17-12-13-11-14(18)7-8-16(13)21-17/h7-8,11-12,15,19H,3-6,9-10H2,1-2H3. The molecule has 3 nitrogen and oxygen atoms in total. The Balaban J connectivity index is 2.09. The molecule has 0 amide bonds. The minimum atomic E-state index is -0.232. The van der Waals surface area contributed by atoms with Crippen LogP contribution in [0.2, 0.25) is 0 Å². The van der Waals surface area contributed by atoms with Crippen LogP contribution in [0.1, 0.15) is 44.9 Å². The zero-order valence-corrected chi connectivity index (χ0v) is 12.8. The molecule has 1 atom stereocenters. The van der Waals surface area contributed by atoms with E-state index in [2.05, 4.69) is 12.2 Å². The molecule has 0 saturated heterocycles. The third kappa shape index (κ3) is 4.55. The van der Waals surface area contributed by atoms with E-state index in [0.717, 1.165) is 55.8 Å². The third-order valence-corrected chi connectivity index (χ3v) is 3.47. The summed E-state index contributed by atoms with van der Waals surface area (Å²) >= 11 is 0. The number of nitrogens with one attached hydrogen (secondary N) is 1. The number of hydrogen-bond donors (Lipinski definition) is 1. The van der Waals surface area contributed by atoms with E-state index in [1.807, 2.05) is 13.0 Å². The van der Waals surface area contributed by atoms with Crippen LogP contribution in [0, 0.1) is 5.82 Å². The van der Waals surface area contributed by atoms with Crippen molar-refractivity contribution in [2.24, 2.45) is 0 Å². The fraction of sp³-hybridized carbons (Fsp3) is 0.529. The van der Waals surface area contributed by atoms with Crippen LogP contribution in [-0.4, -0.2) is 19.8 Å². The first-order valence-corrected chi connectivity index (χ1v) is 7.74. The highest BCUT2D eigenvalue weighted by molar-refractivity contribution is 5.78. The number of hydrogen-bond acceptors (Lipinski definition) is 3. The third-order valence-electron chi connectivity index (χ3n) is 3.47. The minimum absolute atomic E-state index is 0.154. The lowest BCUT2D eigenvalue weighted by atomic mass is 10.1. The molecule has 0 spiro atoms. The lowest BCUT2D eigenvalue weighted by Gasteiger charge is -2.16. The summed E-state index contributed by atoms with van der Waals surface area (Å²) in [5, 5.41) is 4.31. The van der Waals surface area contributed by atoms with Crippen molar-refractivity contribution in [3.8, 4) is 0 Å². The Morgan fingerprint density at radius 2 is 2.14 bits per heavy atom. The molecule has 2 rings (SSSR count). The fourth-order valence-corrected chi connectivity index (χ4v) is 2.40. The van der Waals surface area contributed by atoms with Gasteiger partial charge in [0.15, 0.2) is 0 Å². The molecule has 1 heterocycles. The van der Waals surface area contributed by atoms with Gasteiger partial charge >= 0.3 is 0 Å². The Morgan fingerprint density at radius 3 is 2.90 bits per heavy atom. The number of fused-ring (bicyclic) bond motifs is 1. The highest BCUT2D eigenvalue weighted by Crippen LogP contribution is 2.27. The smallest absolute Gasteiger partial charge is 0.134 e. The van der Waals surface area contributed by atoms with Crippen molar-refractivity contribution in [3.05, 3.63) is 35.8 Å². The van der Waals surface area contributed by atoms with Crippen molar-refractivity contribution in [1.29, 1.82) is 0 Å². The molecular weight excluding hydrogens is 269 g/mol. The molecule has 1 unspecified atom stereocenters. The molecule has 0 aliphatic carbocycles. The van der Waals surface area contributed by atoms with E-state index in [0.29, 0.717) is 0 Å². The molecule has 1 aromatic heterocycles. The number of ether oxygens (including phenoxy) is 1. The summed E-state index contributed by atoms with van der Waals surface area (Å²) < 4.78 is 24.5. The second kappa shape index (κ2) is 8.15. The van der Waals surface area contributed by atoms with Gasteiger partial charge in [-0.25, -0.2) is 4.39 Å². The zero-order valence-electron chi connectivity index (χ0n) is 12.8. The Hall–Kier alpha value is -1.39. The predicted molar refractivity (Wildman–Crippen MR) is 82.9 cm³/mol. The Kier molecular flexibility index (Phi) is 6.21. The maximum Gasteiger partial charge on any atom is 0.134 e. The lowest BCUT2D eigenvalue weighted by Crippen LogP contribution is -2.22. The second-order valence-corrected chi connectivity index (χ2v) is 5.18. The van der Waals surface area contributed by atoms with Gasteiger partial charge in [-0.05, 0) is 57.0 Å². The van der Waals surface area contributed by atoms with Crippen LogP contribution in [-0.2, 0) is 4.74 Å². The van der Waals surface area contributed by atoms with Crippen LogP contribution < -0.4 is 5.32 Å². The first-order chi connectivity index (χ1) is 10.2. The van der Waals surface area contributed by atoms with Crippen LogP contribution >= 0.6 is 0 Å². The Morgan fingerprint density at radius 1 is 1.29 bits per heavy atom. The average molecular weight is 293 g/mol. The second-order valence-electron chi connectivity index (χ2n) is 5.18. The fourth-order valence-electron chi connectivity index (χ4n) is 2.40. The minimum Gasteiger partial charge on any atom is -0.459 e. The van der Waals surface area contributed by atoms with Crippen LogP contribution in [0.5, 0.6) is 0 Å². The zero-order chi connectivity index (χ0) is 15.1. The van der Waals surface area contributed by atoms with Gasteiger partial charge in [-0.1, -0.05) is 6.92 Å². The van der Waals surface area contributed by atoms with Crippen molar-refractivity contribution >= 4 is 11.0 Å². The van der Waals surface area contributed by atoms with Crippen molar-refractivity contribution in [2.75, 3.05) is 19.8 Å². The van der Waals surface area contributed by atoms with E-state index in [9.17, 15) is 4.39 Å². The molecule has 0 radical (unpaired) electrons. The molecule has 4 heteroatoms. The molecule has 0 saturated carbocycles. The SMILES string of the molecule is CCCNC(CCCOCC)c1cc2cc(F)ccc2o1. The van der Waals surface area contributed by atoms with Crippen molar-refractivity contribution < 1.29 is 13.5 Å². The Bertz CT molecular complexity index is 553. The largest absolute Gasteiger partial charge is 0.459 e. The van der Waals surface area contributed by atoms with Crippen LogP contribution in [0.4, 0.5) is 4.39 Å². The number of halogens is 1. The van der Waals surface area contributed by atoms with Gasteiger partial charge in [0, 0.05) is 18.6 Å². The highest BCUT2D eigenvalue weighted by atomic mass is 19.1. The summed E-state index contributed by atoms with van der Waals surface area (Å²) in [6, 6.07) is 6.72. The van der Waals surface area contributed by atoms with Crippen molar-refractivity contribution in [1.82, 2.24) is 5.32 Å². The van der Waals surface area contributed by atoms with Crippen LogP contribution in [0.3, 0.4) is 0 Å². The molecule has 2 aromatic rings. The average Bonchev–Trinajstić information content (AvgIpc) is 2.89. The Labute approximate surface area is 125 Å². The summed E-state index contributed by atoms with van der Waals surface area (Å²) in [7, 11) is 0. The van der Waals surface area contributed by atoms with Gasteiger partial charge in [0.25, 0.3) is 0 Å². The quantitative estimate of drug-likeness (QED) is 0.695. The molecule has 0 bridgehead atoms. The molecular formula is C17H24FNO2. The molecule has 0 fully saturated rings. The highest BCUT2D eigenvalue weighted by Gasteiger charge is 2.15. The number of benzene rings is 1. The van der Waals surface area contributed by atoms with E-state index in [1.165, 1.54) is 12.1 Å². The van der Waals surface area contributed by atoms with E-state index in [-0.39, 0.29) is 11.9 Å². The number of furan rings is 1. The normalized spacial score (nSPS) is 12.9. The van der Waals surface area contributed by atoms with E-state index < -0.39 is 0 Å². The summed E-state index contributed by atoms with van der Waals surface area (Å²) in [5.74, 6) is 0.643. The van der Waals surface area contributed by atoms with E-state index in [1.54, 1.807) is 6.07 Å². The first kappa shape index (κ1) is 16.0. The van der Waals surface area contributed by atoms with Crippen LogP contribution in [0.15, 0.2) is 28.7 Å². The van der Waals surface area contributed by atoms with Crippen molar-refractivity contribution in [2.45, 2.75) is 39.2 Å². The monoisotopic (exact) mass is 293 g/mol. The summed E-state index contributed by atoms with van der Waals surface area (Å²) in [6.07, 6.45) is 2.99. The first-order valence-electron chi connectivity index (χ1n) is 7.74. The van der Waals surface area contributed by atoms with Gasteiger partial charge < -0.3 is 14.5 Å². The molecule has 0 aliphatic heterocycles. The van der Waals surface area contributed by atoms with Crippen LogP contribution in [0.25, 0.3) is 11.0 Å². The van der Waals surface area contributed by atoms with E-state index in [4.69, 9.17) is 9.15 Å². The van der Waals surface area contributed by atoms with Gasteiger partial charge in [-0.3, -0.25) is 0 Å². The van der Waals surface area contributed by atoms with Gasteiger partial charge in [0.05, 0.1) is 6.04 Å². The number of rotatable bonds is 9. The van der Waals surface area contributed by atoms with Gasteiger partial charge in [0.1, 0.15) is 17.2 Å². The molecule has 1 aromatic carbocycles. The van der Waals surface area contributed by atoms with Gasteiger partial charge in [0.2, 0.25) is 0 Å². The summed E-state index contributed by atoms with van der Waals surface area (Å²) in [5.41, 5.74) is 0.736. The van der Waals surface area contributed by atoms with Crippen molar-refractivity contribution in [3.63, 3.8) is 0 Å². The maximum absolute atomic E-state index is 13.3. The van der Waals surface area contributed by atoms with E-state index >= 15 is 0 Å². The topological polar surface area (TPSA) is 34.4 Å². The maximum atomic E-state index is 13.3.